The highest BCUT2D eigenvalue weighted by molar-refractivity contribution is 7.79. The number of nitrogens with zero attached hydrogens (tertiary/aromatic N) is 4. The van der Waals surface area contributed by atoms with Crippen molar-refractivity contribution in [3.8, 4) is 0 Å². The van der Waals surface area contributed by atoms with Gasteiger partial charge < -0.3 is 9.45 Å². The highest BCUT2D eigenvalue weighted by Crippen LogP contribution is 2.40. The smallest absolute Gasteiger partial charge is 0.273 e. The maximum Gasteiger partial charge on any atom is 0.273 e. The first-order valence-corrected chi connectivity index (χ1v) is 12.3. The molecule has 3 fully saturated rings. The Balaban J connectivity index is 1.40. The summed E-state index contributed by atoms with van der Waals surface area (Å²) in [6.07, 6.45) is 4.78. The van der Waals surface area contributed by atoms with E-state index in [9.17, 15) is 13.0 Å². The highest BCUT2D eigenvalue weighted by Gasteiger charge is 2.51. The van der Waals surface area contributed by atoms with Gasteiger partial charge in [0, 0.05) is 5.39 Å². The Bertz CT molecular complexity index is 954. The molecule has 7 nitrogen and oxygen atoms in total. The number of fused-ring (bicyclic) bond motifs is 2. The first kappa shape index (κ1) is 18.7. The van der Waals surface area contributed by atoms with Crippen molar-refractivity contribution in [1.29, 1.82) is 0 Å². The molecule has 3 aliphatic rings. The molecule has 1 saturated carbocycles. The monoisotopic (exact) mass is 422 g/mol. The molecular weight excluding hydrogens is 396 g/mol. The molecule has 9 heteroatoms. The van der Waals surface area contributed by atoms with E-state index in [1.54, 1.807) is 0 Å². The summed E-state index contributed by atoms with van der Waals surface area (Å²) in [5.41, 5.74) is 0. The molecule has 2 saturated heterocycles. The summed E-state index contributed by atoms with van der Waals surface area (Å²) in [6, 6.07) is 8.10. The molecule has 0 unspecified atom stereocenters. The Labute approximate surface area is 170 Å². The number of benzene rings is 1. The van der Waals surface area contributed by atoms with Gasteiger partial charge in [0.2, 0.25) is 0 Å². The number of rotatable bonds is 3. The SMILES string of the molecule is O=S(=O)([O-])[N+]1(N2C[C@@H]3CCCC[C@H]3C2)CCN(c2nsc3ccccc23)CC1. The zero-order chi connectivity index (χ0) is 19.4. The third-order valence-electron chi connectivity index (χ3n) is 6.99. The van der Waals surface area contributed by atoms with Crippen LogP contribution in [0, 0.1) is 11.8 Å². The van der Waals surface area contributed by atoms with Crippen LogP contribution in [0.5, 0.6) is 0 Å². The van der Waals surface area contributed by atoms with E-state index in [0.717, 1.165) is 41.8 Å². The lowest BCUT2D eigenvalue weighted by Crippen LogP contribution is -2.69. The van der Waals surface area contributed by atoms with Crippen molar-refractivity contribution in [2.75, 3.05) is 44.2 Å². The molecule has 2 aliphatic heterocycles. The molecule has 3 heterocycles. The quantitative estimate of drug-likeness (QED) is 0.559. The van der Waals surface area contributed by atoms with Crippen molar-refractivity contribution in [1.82, 2.24) is 9.38 Å². The zero-order valence-electron chi connectivity index (χ0n) is 15.9. The fourth-order valence-electron chi connectivity index (χ4n) is 5.42. The van der Waals surface area contributed by atoms with Gasteiger partial charge in [-0.1, -0.05) is 25.0 Å². The van der Waals surface area contributed by atoms with Crippen LogP contribution in [0.15, 0.2) is 24.3 Å². The maximum absolute atomic E-state index is 12.4. The van der Waals surface area contributed by atoms with Gasteiger partial charge in [0.15, 0.2) is 5.82 Å². The minimum atomic E-state index is -4.48. The first-order valence-electron chi connectivity index (χ1n) is 10.2. The van der Waals surface area contributed by atoms with Gasteiger partial charge >= 0.3 is 0 Å². The standard InChI is InChI=1S/C19H26N4O3S2/c24-28(25,26)23(22-13-15-5-1-2-6-16(15)14-22)11-9-21(10-12-23)19-17-7-3-4-8-18(17)27-20-19/h3-4,7-8,15-16H,1-2,5-6,9-14H2/t15-,16-/m0/s1. The van der Waals surface area contributed by atoms with E-state index < -0.39 is 14.3 Å². The second-order valence-corrected chi connectivity index (χ2v) is 10.7. The molecule has 0 radical (unpaired) electrons. The number of hydrogen-bond acceptors (Lipinski definition) is 7. The molecule has 152 valence electrons. The highest BCUT2D eigenvalue weighted by atomic mass is 32.2. The third kappa shape index (κ3) is 2.95. The van der Waals surface area contributed by atoms with Gasteiger partial charge in [-0.3, -0.25) is 0 Å². The Morgan fingerprint density at radius 1 is 1.07 bits per heavy atom. The molecule has 2 aromatic rings. The Hall–Kier alpha value is -1.26. The van der Waals surface area contributed by atoms with E-state index in [0.29, 0.717) is 38.0 Å². The molecule has 0 amide bonds. The minimum absolute atomic E-state index is 0.303. The topological polar surface area (TPSA) is 76.6 Å². The van der Waals surface area contributed by atoms with Crippen LogP contribution in [0.3, 0.4) is 0 Å². The Morgan fingerprint density at radius 2 is 1.71 bits per heavy atom. The Morgan fingerprint density at radius 3 is 2.36 bits per heavy atom. The normalized spacial score (nSPS) is 28.5. The molecular formula is C19H26N4O3S2. The van der Waals surface area contributed by atoms with Gasteiger partial charge in [-0.25, -0.2) is 0 Å². The van der Waals surface area contributed by atoms with E-state index in [4.69, 9.17) is 0 Å². The van der Waals surface area contributed by atoms with Crippen molar-refractivity contribution < 1.29 is 17.0 Å². The zero-order valence-corrected chi connectivity index (χ0v) is 17.5. The van der Waals surface area contributed by atoms with Crippen molar-refractivity contribution in [3.63, 3.8) is 0 Å². The largest absolute Gasteiger partial charge is 0.700 e. The van der Waals surface area contributed by atoms with Crippen LogP contribution in [-0.4, -0.2) is 65.6 Å². The number of aromatic nitrogens is 1. The van der Waals surface area contributed by atoms with E-state index >= 15 is 0 Å². The molecule has 2 atom stereocenters. The van der Waals surface area contributed by atoms with Crippen LogP contribution in [0.2, 0.25) is 0 Å². The van der Waals surface area contributed by atoms with E-state index in [-0.39, 0.29) is 0 Å². The van der Waals surface area contributed by atoms with E-state index in [1.165, 1.54) is 24.4 Å². The number of anilines is 1. The first-order chi connectivity index (χ1) is 13.5. The predicted octanol–water partition coefficient (Wildman–Crippen LogP) is 2.43. The molecule has 1 aromatic carbocycles. The average Bonchev–Trinajstić information content (AvgIpc) is 3.31. The second-order valence-electron chi connectivity index (χ2n) is 8.39. The third-order valence-corrected chi connectivity index (χ3v) is 9.23. The molecule has 1 aromatic heterocycles. The fourth-order valence-corrected chi connectivity index (χ4v) is 7.24. The maximum atomic E-state index is 12.4. The second kappa shape index (κ2) is 6.91. The lowest BCUT2D eigenvalue weighted by molar-refractivity contribution is -0.930. The van der Waals surface area contributed by atoms with E-state index in [1.807, 2.05) is 17.1 Å². The number of quaternary nitrogens is 1. The number of hydrogen-bond donors (Lipinski definition) is 0. The Kier molecular flexibility index (Phi) is 4.63. The van der Waals surface area contributed by atoms with Crippen molar-refractivity contribution in [2.45, 2.75) is 25.7 Å². The lowest BCUT2D eigenvalue weighted by atomic mass is 9.82. The van der Waals surface area contributed by atoms with Gasteiger partial charge in [-0.2, -0.15) is 12.8 Å². The summed E-state index contributed by atoms with van der Waals surface area (Å²) in [5, 5.41) is 3.09. The lowest BCUT2D eigenvalue weighted by Gasteiger charge is -2.48. The molecule has 0 spiro atoms. The van der Waals surface area contributed by atoms with Crippen molar-refractivity contribution >= 4 is 37.7 Å². The molecule has 0 N–H and O–H groups in total. The summed E-state index contributed by atoms with van der Waals surface area (Å²) >= 11 is 1.46. The van der Waals surface area contributed by atoms with Crippen LogP contribution in [-0.2, 0) is 10.3 Å². The summed E-state index contributed by atoms with van der Waals surface area (Å²) in [7, 11) is -4.48. The van der Waals surface area contributed by atoms with E-state index in [2.05, 4.69) is 21.4 Å². The molecule has 1 aliphatic carbocycles. The molecule has 28 heavy (non-hydrogen) atoms. The summed E-state index contributed by atoms with van der Waals surface area (Å²) in [6.45, 7) is 3.15. The van der Waals surface area contributed by atoms with Crippen LogP contribution in [0.25, 0.3) is 10.1 Å². The number of piperazine rings is 1. The summed E-state index contributed by atoms with van der Waals surface area (Å²) in [5.74, 6) is 2.01. The summed E-state index contributed by atoms with van der Waals surface area (Å²) < 4.78 is 42.7. The van der Waals surface area contributed by atoms with Gasteiger partial charge in [0.1, 0.15) is 13.1 Å². The van der Waals surface area contributed by atoms with Crippen molar-refractivity contribution in [2.24, 2.45) is 11.8 Å². The van der Waals surface area contributed by atoms with Crippen LogP contribution in [0.1, 0.15) is 25.7 Å². The van der Waals surface area contributed by atoms with Gasteiger partial charge in [0.25, 0.3) is 10.3 Å². The molecule has 0 bridgehead atoms. The van der Waals surface area contributed by atoms with Crippen LogP contribution in [0.4, 0.5) is 5.82 Å². The summed E-state index contributed by atoms with van der Waals surface area (Å²) in [4.78, 5) is 2.14. The molecule has 5 rings (SSSR count). The fraction of sp³-hybridized carbons (Fsp3) is 0.632. The average molecular weight is 423 g/mol. The van der Waals surface area contributed by atoms with Gasteiger partial charge in [-0.15, -0.1) is 9.01 Å². The van der Waals surface area contributed by atoms with Gasteiger partial charge in [-0.05, 0) is 48.3 Å². The minimum Gasteiger partial charge on any atom is -0.700 e. The van der Waals surface area contributed by atoms with Gasteiger partial charge in [0.05, 0.1) is 30.9 Å². The van der Waals surface area contributed by atoms with Crippen molar-refractivity contribution in [3.05, 3.63) is 24.3 Å². The predicted molar refractivity (Wildman–Crippen MR) is 109 cm³/mol. The van der Waals surface area contributed by atoms with Crippen LogP contribution >= 0.6 is 11.5 Å². The van der Waals surface area contributed by atoms with Crippen LogP contribution < -0.4 is 4.90 Å².